The van der Waals surface area contributed by atoms with E-state index in [1.807, 2.05) is 14.1 Å². The molecule has 1 aromatic heterocycles. The first-order valence-corrected chi connectivity index (χ1v) is 7.55. The molecule has 0 spiro atoms. The number of imidazole rings is 1. The van der Waals surface area contributed by atoms with Crippen LogP contribution in [0.25, 0.3) is 0 Å². The highest BCUT2D eigenvalue weighted by Crippen LogP contribution is 2.24. The summed E-state index contributed by atoms with van der Waals surface area (Å²) < 4.78 is 29.4. The van der Waals surface area contributed by atoms with Gasteiger partial charge in [-0.25, -0.2) is 4.98 Å². The molecule has 108 valence electrons. The molecule has 2 heterocycles. The summed E-state index contributed by atoms with van der Waals surface area (Å²) in [7, 11) is 3.70. The van der Waals surface area contributed by atoms with Gasteiger partial charge in [-0.15, -0.1) is 0 Å². The Hall–Kier alpha value is -0.960. The molecule has 19 heavy (non-hydrogen) atoms. The summed E-state index contributed by atoms with van der Waals surface area (Å²) in [6.07, 6.45) is 3.52. The van der Waals surface area contributed by atoms with Gasteiger partial charge in [-0.2, -0.15) is 17.0 Å². The van der Waals surface area contributed by atoms with Crippen LogP contribution in [0.2, 0.25) is 0 Å². The van der Waals surface area contributed by atoms with Crippen LogP contribution in [0.1, 0.15) is 11.7 Å². The summed E-state index contributed by atoms with van der Waals surface area (Å²) >= 11 is 0. The molecule has 1 aliphatic heterocycles. The summed E-state index contributed by atoms with van der Waals surface area (Å²) in [5.41, 5.74) is 0.934. The Morgan fingerprint density at radius 1 is 1.37 bits per heavy atom. The molecule has 0 radical (unpaired) electrons. The molecule has 0 saturated carbocycles. The number of hydrogen-bond acceptors (Lipinski definition) is 4. The molecule has 0 bridgehead atoms. The molecule has 0 aliphatic carbocycles. The van der Waals surface area contributed by atoms with Crippen molar-refractivity contribution >= 4 is 10.2 Å². The minimum absolute atomic E-state index is 0.0935. The molecular weight excluding hydrogens is 266 g/mol. The highest BCUT2D eigenvalue weighted by atomic mass is 32.2. The second-order valence-corrected chi connectivity index (χ2v) is 7.43. The molecule has 1 aliphatic rings. The van der Waals surface area contributed by atoms with E-state index in [0.29, 0.717) is 13.1 Å². The topological polar surface area (TPSA) is 61.7 Å². The molecule has 1 atom stereocenters. The predicted octanol–water partition coefficient (Wildman–Crippen LogP) is -0.392. The molecule has 0 saturated heterocycles. The third kappa shape index (κ3) is 2.81. The fourth-order valence-corrected chi connectivity index (χ4v) is 3.44. The monoisotopic (exact) mass is 287 g/mol. The van der Waals surface area contributed by atoms with Gasteiger partial charge in [0.25, 0.3) is 10.2 Å². The van der Waals surface area contributed by atoms with Crippen molar-refractivity contribution in [3.8, 4) is 0 Å². The number of rotatable bonds is 4. The molecule has 0 fully saturated rings. The van der Waals surface area contributed by atoms with Crippen molar-refractivity contribution in [2.75, 3.05) is 41.3 Å². The van der Waals surface area contributed by atoms with E-state index in [0.717, 1.165) is 12.2 Å². The Kier molecular flexibility index (Phi) is 3.95. The van der Waals surface area contributed by atoms with E-state index in [9.17, 15) is 8.42 Å². The number of likely N-dealkylation sites (N-methyl/N-ethyl adjacent to an activating group) is 1. The fraction of sp³-hybridized carbons (Fsp3) is 0.727. The predicted molar refractivity (Wildman–Crippen MR) is 72.8 cm³/mol. The smallest absolute Gasteiger partial charge is 0.281 e. The van der Waals surface area contributed by atoms with Crippen LogP contribution < -0.4 is 0 Å². The van der Waals surface area contributed by atoms with Crippen molar-refractivity contribution in [1.82, 2.24) is 23.1 Å². The first kappa shape index (κ1) is 14.4. The number of nitrogens with zero attached hydrogens (tertiary/aromatic N) is 5. The van der Waals surface area contributed by atoms with Gasteiger partial charge in [0.2, 0.25) is 0 Å². The molecule has 0 aromatic carbocycles. The Morgan fingerprint density at radius 3 is 2.63 bits per heavy atom. The number of hydrogen-bond donors (Lipinski definition) is 0. The highest BCUT2D eigenvalue weighted by molar-refractivity contribution is 7.86. The third-order valence-corrected chi connectivity index (χ3v) is 5.11. The van der Waals surface area contributed by atoms with E-state index in [2.05, 4.69) is 14.5 Å². The van der Waals surface area contributed by atoms with Crippen LogP contribution in [0.5, 0.6) is 0 Å². The Balaban J connectivity index is 2.30. The quantitative estimate of drug-likeness (QED) is 0.756. The van der Waals surface area contributed by atoms with Gasteiger partial charge in [-0.3, -0.25) is 0 Å². The number of aromatic nitrogens is 2. The summed E-state index contributed by atoms with van der Waals surface area (Å²) in [4.78, 5) is 6.19. The third-order valence-electron chi connectivity index (χ3n) is 3.26. The van der Waals surface area contributed by atoms with Crippen molar-refractivity contribution in [2.45, 2.75) is 12.6 Å². The van der Waals surface area contributed by atoms with Gasteiger partial charge in [0.15, 0.2) is 0 Å². The standard InChI is InChI=1S/C11H21N5O2S/c1-13(2)6-11-8-15(19(17,18)14(3)4)7-10-5-12-9-16(10)11/h5,9,11H,6-8H2,1-4H3/t11-/m1/s1. The highest BCUT2D eigenvalue weighted by Gasteiger charge is 2.33. The molecule has 8 heteroatoms. The molecule has 2 rings (SSSR count). The normalized spacial score (nSPS) is 21.1. The molecule has 0 unspecified atom stereocenters. The first-order chi connectivity index (χ1) is 8.82. The molecule has 0 amide bonds. The van der Waals surface area contributed by atoms with Crippen molar-refractivity contribution in [2.24, 2.45) is 0 Å². The van der Waals surface area contributed by atoms with E-state index in [4.69, 9.17) is 0 Å². The van der Waals surface area contributed by atoms with Gasteiger partial charge in [0.05, 0.1) is 24.6 Å². The lowest BCUT2D eigenvalue weighted by Crippen LogP contribution is -2.47. The SMILES string of the molecule is CN(C)C[C@@H]1CN(S(=O)(=O)N(C)C)Cc2cncn21. The summed E-state index contributed by atoms with van der Waals surface area (Å²) in [5.74, 6) is 0. The first-order valence-electron chi connectivity index (χ1n) is 6.15. The van der Waals surface area contributed by atoms with Crippen molar-refractivity contribution in [1.29, 1.82) is 0 Å². The van der Waals surface area contributed by atoms with Crippen molar-refractivity contribution in [3.05, 3.63) is 18.2 Å². The lowest BCUT2D eigenvalue weighted by Gasteiger charge is -2.36. The summed E-state index contributed by atoms with van der Waals surface area (Å²) in [6.45, 7) is 1.63. The largest absolute Gasteiger partial charge is 0.328 e. The van der Waals surface area contributed by atoms with E-state index in [1.54, 1.807) is 26.6 Å². The molecule has 1 aromatic rings. The zero-order chi connectivity index (χ0) is 14.2. The van der Waals surface area contributed by atoms with Crippen LogP contribution in [0.3, 0.4) is 0 Å². The second-order valence-electron chi connectivity index (χ2n) is 5.29. The van der Waals surface area contributed by atoms with E-state index >= 15 is 0 Å². The van der Waals surface area contributed by atoms with E-state index in [1.165, 1.54) is 8.61 Å². The van der Waals surface area contributed by atoms with Gasteiger partial charge >= 0.3 is 0 Å². The van der Waals surface area contributed by atoms with Crippen molar-refractivity contribution in [3.63, 3.8) is 0 Å². The average Bonchev–Trinajstić information content (AvgIpc) is 2.76. The van der Waals surface area contributed by atoms with Crippen LogP contribution in [-0.2, 0) is 16.8 Å². The summed E-state index contributed by atoms with van der Waals surface area (Å²) in [6, 6.07) is 0.0935. The van der Waals surface area contributed by atoms with Gasteiger partial charge in [0, 0.05) is 33.4 Å². The fourth-order valence-electron chi connectivity index (χ4n) is 2.33. The van der Waals surface area contributed by atoms with Gasteiger partial charge < -0.3 is 9.47 Å². The molecular formula is C11H21N5O2S. The summed E-state index contributed by atoms with van der Waals surface area (Å²) in [5, 5.41) is 0. The Labute approximate surface area is 114 Å². The minimum Gasteiger partial charge on any atom is -0.328 e. The number of fused-ring (bicyclic) bond motifs is 1. The molecule has 0 N–H and O–H groups in total. The van der Waals surface area contributed by atoms with Crippen LogP contribution in [0, 0.1) is 0 Å². The van der Waals surface area contributed by atoms with Gasteiger partial charge in [0.1, 0.15) is 0 Å². The van der Waals surface area contributed by atoms with E-state index < -0.39 is 10.2 Å². The maximum Gasteiger partial charge on any atom is 0.281 e. The van der Waals surface area contributed by atoms with Crippen LogP contribution >= 0.6 is 0 Å². The molecule has 7 nitrogen and oxygen atoms in total. The Morgan fingerprint density at radius 2 is 2.05 bits per heavy atom. The van der Waals surface area contributed by atoms with Crippen molar-refractivity contribution < 1.29 is 8.42 Å². The maximum atomic E-state index is 12.3. The maximum absolute atomic E-state index is 12.3. The van der Waals surface area contributed by atoms with Gasteiger partial charge in [-0.1, -0.05) is 0 Å². The van der Waals surface area contributed by atoms with Crippen LogP contribution in [0.15, 0.2) is 12.5 Å². The van der Waals surface area contributed by atoms with Gasteiger partial charge in [-0.05, 0) is 14.1 Å². The minimum atomic E-state index is -3.38. The van der Waals surface area contributed by atoms with Crippen LogP contribution in [0.4, 0.5) is 0 Å². The zero-order valence-corrected chi connectivity index (χ0v) is 12.6. The lowest BCUT2D eigenvalue weighted by atomic mass is 10.2. The van der Waals surface area contributed by atoms with E-state index in [-0.39, 0.29) is 6.04 Å². The van der Waals surface area contributed by atoms with Crippen LogP contribution in [-0.4, -0.2) is 72.8 Å². The average molecular weight is 287 g/mol. The zero-order valence-electron chi connectivity index (χ0n) is 11.8. The Bertz CT molecular complexity index is 537. The second kappa shape index (κ2) is 5.20. The lowest BCUT2D eigenvalue weighted by molar-refractivity contribution is 0.227.